The molecular formula is C43H57F2N4O4. The lowest BCUT2D eigenvalue weighted by Crippen LogP contribution is -2.44. The van der Waals surface area contributed by atoms with Crippen molar-refractivity contribution in [3.8, 4) is 16.9 Å². The number of carbonyl (C=O) groups is 1. The fourth-order valence-electron chi connectivity index (χ4n) is 8.19. The Balaban J connectivity index is 0.952. The van der Waals surface area contributed by atoms with Gasteiger partial charge in [0.2, 0.25) is 0 Å². The molecule has 3 aromatic rings. The van der Waals surface area contributed by atoms with Crippen LogP contribution >= 0.6 is 0 Å². The van der Waals surface area contributed by atoms with Crippen molar-refractivity contribution in [3.63, 3.8) is 0 Å². The van der Waals surface area contributed by atoms with E-state index in [1.54, 1.807) is 24.8 Å². The quantitative estimate of drug-likeness (QED) is 0.189. The highest BCUT2D eigenvalue weighted by molar-refractivity contribution is 5.94. The number of halogens is 2. The molecule has 0 N–H and O–H groups in total. The lowest BCUT2D eigenvalue weighted by Gasteiger charge is -2.37. The van der Waals surface area contributed by atoms with Gasteiger partial charge in [-0.1, -0.05) is 6.92 Å². The van der Waals surface area contributed by atoms with E-state index in [9.17, 15) is 9.59 Å². The minimum Gasteiger partial charge on any atom is -0.496 e. The highest BCUT2D eigenvalue weighted by atomic mass is 19.1. The zero-order valence-electron chi connectivity index (χ0n) is 32.1. The third-order valence-electron chi connectivity index (χ3n) is 11.6. The number of pyridine rings is 1. The summed E-state index contributed by atoms with van der Waals surface area (Å²) in [7, 11) is 1.69. The molecule has 3 aliphatic rings. The topological polar surface area (TPSA) is 67.2 Å². The van der Waals surface area contributed by atoms with Crippen molar-refractivity contribution < 1.29 is 23.0 Å². The molecule has 10 heteroatoms. The molecule has 6 rings (SSSR count). The van der Waals surface area contributed by atoms with Gasteiger partial charge in [0.1, 0.15) is 17.4 Å². The SMILES string of the molecule is CCCn1cc(-c2cc(F)c(CCN3CCC(OC4CCN(C(=O)c5ccc(OC)c(CCN6CC[CH]CC6)c5)CC4)CC3)c(F)c2)c(C)c(C)c1=O. The second-order valence-electron chi connectivity index (χ2n) is 15.1. The van der Waals surface area contributed by atoms with E-state index >= 15 is 8.78 Å². The van der Waals surface area contributed by atoms with Gasteiger partial charge in [0, 0.05) is 74.3 Å². The second-order valence-corrected chi connectivity index (χ2v) is 15.1. The molecule has 0 saturated carbocycles. The van der Waals surface area contributed by atoms with Crippen LogP contribution in [0.3, 0.4) is 0 Å². The number of aromatic nitrogens is 1. The average Bonchev–Trinajstić information content (AvgIpc) is 3.18. The van der Waals surface area contributed by atoms with Crippen LogP contribution in [-0.4, -0.2) is 96.8 Å². The molecule has 4 heterocycles. The summed E-state index contributed by atoms with van der Waals surface area (Å²) in [5.74, 6) is -0.189. The standard InChI is InChI=1S/C43H57F2N4O4/c1-5-17-49-29-38(30(2)31(3)42(49)50)34-27-39(44)37(40(45)28-34)16-23-47-21-12-35(13-22-47)53-36-14-24-48(25-15-36)43(51)33-9-10-41(52-4)32(26-33)11-20-46-18-7-6-8-19-46/h6,9-10,26-29,35-36H,5,7-8,11-25H2,1-4H3. The summed E-state index contributed by atoms with van der Waals surface area (Å²) in [6, 6.07) is 8.65. The Hall–Kier alpha value is -3.60. The molecule has 3 saturated heterocycles. The van der Waals surface area contributed by atoms with E-state index in [0.29, 0.717) is 42.9 Å². The Morgan fingerprint density at radius 2 is 1.43 bits per heavy atom. The number of hydrogen-bond donors (Lipinski definition) is 0. The number of amides is 1. The summed E-state index contributed by atoms with van der Waals surface area (Å²) in [6.45, 7) is 12.9. The smallest absolute Gasteiger partial charge is 0.253 e. The Labute approximate surface area is 314 Å². The van der Waals surface area contributed by atoms with E-state index in [1.165, 1.54) is 12.1 Å². The molecule has 287 valence electrons. The summed E-state index contributed by atoms with van der Waals surface area (Å²) in [6.07, 6.45) is 11.9. The molecule has 1 amide bonds. The maximum absolute atomic E-state index is 15.4. The van der Waals surface area contributed by atoms with Gasteiger partial charge in [-0.05, 0) is 138 Å². The minimum atomic E-state index is -0.549. The van der Waals surface area contributed by atoms with E-state index in [-0.39, 0.29) is 35.7 Å². The van der Waals surface area contributed by atoms with Gasteiger partial charge >= 0.3 is 0 Å². The number of rotatable bonds is 13. The van der Waals surface area contributed by atoms with Crippen LogP contribution in [0, 0.1) is 31.9 Å². The third kappa shape index (κ3) is 9.56. The lowest BCUT2D eigenvalue weighted by atomic mass is 9.97. The highest BCUT2D eigenvalue weighted by Gasteiger charge is 2.29. The van der Waals surface area contributed by atoms with E-state index in [0.717, 1.165) is 107 Å². The Bertz CT molecular complexity index is 1750. The molecule has 0 spiro atoms. The molecule has 8 nitrogen and oxygen atoms in total. The number of likely N-dealkylation sites (tertiary alicyclic amines) is 3. The number of methoxy groups -OCH3 is 1. The largest absolute Gasteiger partial charge is 0.496 e. The van der Waals surface area contributed by atoms with Crippen LogP contribution in [0.2, 0.25) is 0 Å². The molecule has 3 fully saturated rings. The minimum absolute atomic E-state index is 0.0613. The number of hydrogen-bond acceptors (Lipinski definition) is 6. The first kappa shape index (κ1) is 39.1. The first-order valence-corrected chi connectivity index (χ1v) is 19.7. The van der Waals surface area contributed by atoms with Gasteiger partial charge in [0.25, 0.3) is 11.5 Å². The van der Waals surface area contributed by atoms with Gasteiger partial charge in [-0.15, -0.1) is 0 Å². The third-order valence-corrected chi connectivity index (χ3v) is 11.6. The van der Waals surface area contributed by atoms with Crippen molar-refractivity contribution in [2.24, 2.45) is 0 Å². The van der Waals surface area contributed by atoms with Crippen LogP contribution in [0.5, 0.6) is 5.75 Å². The van der Waals surface area contributed by atoms with E-state index in [1.807, 2.05) is 36.9 Å². The van der Waals surface area contributed by atoms with Gasteiger partial charge in [-0.2, -0.15) is 0 Å². The monoisotopic (exact) mass is 731 g/mol. The van der Waals surface area contributed by atoms with Gasteiger partial charge in [-0.25, -0.2) is 8.78 Å². The summed E-state index contributed by atoms with van der Waals surface area (Å²) < 4.78 is 44.5. The number of benzene rings is 2. The van der Waals surface area contributed by atoms with Crippen LogP contribution in [0.4, 0.5) is 8.78 Å². The maximum atomic E-state index is 15.4. The fourth-order valence-corrected chi connectivity index (χ4v) is 8.19. The maximum Gasteiger partial charge on any atom is 0.253 e. The van der Waals surface area contributed by atoms with Gasteiger partial charge < -0.3 is 28.7 Å². The molecule has 0 atom stereocenters. The van der Waals surface area contributed by atoms with Crippen LogP contribution in [0.15, 0.2) is 41.3 Å². The van der Waals surface area contributed by atoms with Crippen molar-refractivity contribution in [2.45, 2.75) is 97.3 Å². The van der Waals surface area contributed by atoms with Crippen molar-refractivity contribution >= 4 is 5.91 Å². The van der Waals surface area contributed by atoms with E-state index < -0.39 is 11.6 Å². The average molecular weight is 732 g/mol. The van der Waals surface area contributed by atoms with E-state index in [2.05, 4.69) is 16.2 Å². The van der Waals surface area contributed by atoms with Crippen molar-refractivity contribution in [3.05, 3.63) is 92.8 Å². The number of aryl methyl sites for hydroxylation is 1. The summed E-state index contributed by atoms with van der Waals surface area (Å²) in [5, 5.41) is 0. The van der Waals surface area contributed by atoms with E-state index in [4.69, 9.17) is 9.47 Å². The fraction of sp³-hybridized carbons (Fsp3) is 0.558. The van der Waals surface area contributed by atoms with Crippen LogP contribution in [-0.2, 0) is 24.1 Å². The molecule has 0 bridgehead atoms. The highest BCUT2D eigenvalue weighted by Crippen LogP contribution is 2.29. The van der Waals surface area contributed by atoms with Crippen LogP contribution in [0.1, 0.15) is 84.5 Å². The van der Waals surface area contributed by atoms with Crippen LogP contribution in [0.25, 0.3) is 11.1 Å². The number of piperidine rings is 3. The predicted octanol–water partition coefficient (Wildman–Crippen LogP) is 7.00. The normalized spacial score (nSPS) is 18.1. The van der Waals surface area contributed by atoms with Crippen molar-refractivity contribution in [1.29, 1.82) is 0 Å². The predicted molar refractivity (Wildman–Crippen MR) is 206 cm³/mol. The molecular weight excluding hydrogens is 674 g/mol. The zero-order valence-corrected chi connectivity index (χ0v) is 32.1. The van der Waals surface area contributed by atoms with Gasteiger partial charge in [0.15, 0.2) is 0 Å². The molecule has 0 aliphatic carbocycles. The van der Waals surface area contributed by atoms with Gasteiger partial charge in [0.05, 0.1) is 19.3 Å². The summed E-state index contributed by atoms with van der Waals surface area (Å²) >= 11 is 0. The lowest BCUT2D eigenvalue weighted by molar-refractivity contribution is -0.0620. The molecule has 53 heavy (non-hydrogen) atoms. The van der Waals surface area contributed by atoms with Crippen LogP contribution < -0.4 is 10.3 Å². The second kappa shape index (κ2) is 18.2. The first-order chi connectivity index (χ1) is 25.6. The Kier molecular flexibility index (Phi) is 13.4. The molecule has 1 radical (unpaired) electrons. The molecule has 2 aromatic carbocycles. The number of carbonyl (C=O) groups excluding carboxylic acids is 1. The molecule has 0 unspecified atom stereocenters. The van der Waals surface area contributed by atoms with Gasteiger partial charge in [-0.3, -0.25) is 9.59 Å². The zero-order chi connectivity index (χ0) is 37.5. The number of nitrogens with zero attached hydrogens (tertiary/aromatic N) is 4. The Morgan fingerprint density at radius 1 is 0.811 bits per heavy atom. The number of ether oxygens (including phenoxy) is 2. The first-order valence-electron chi connectivity index (χ1n) is 19.7. The van der Waals surface area contributed by atoms with Crippen molar-refractivity contribution in [1.82, 2.24) is 19.3 Å². The Morgan fingerprint density at radius 3 is 2.08 bits per heavy atom. The summed E-state index contributed by atoms with van der Waals surface area (Å²) in [5.41, 5.74) is 4.33. The van der Waals surface area contributed by atoms with Crippen molar-refractivity contribution in [2.75, 3.05) is 59.5 Å². The molecule has 1 aromatic heterocycles. The molecule has 3 aliphatic heterocycles. The summed E-state index contributed by atoms with van der Waals surface area (Å²) in [4.78, 5) is 32.8.